The van der Waals surface area contributed by atoms with Crippen LogP contribution in [0.25, 0.3) is 0 Å². The lowest BCUT2D eigenvalue weighted by atomic mass is 9.88. The summed E-state index contributed by atoms with van der Waals surface area (Å²) in [4.78, 5) is 23.1. The van der Waals surface area contributed by atoms with Crippen molar-refractivity contribution < 1.29 is 118 Å². The number of phosphoric ester groups is 1. The van der Waals surface area contributed by atoms with Crippen molar-refractivity contribution in [1.29, 1.82) is 0 Å². The third kappa shape index (κ3) is 10.9. The lowest BCUT2D eigenvalue weighted by molar-refractivity contribution is -0.870. The molecule has 3 N–H and O–H groups in total. The number of hydrogen-bond acceptors (Lipinski definition) is 9. The minimum absolute atomic E-state index is 0.0465. The molecule has 28 heteroatoms. The molecule has 0 fully saturated rings. The second kappa shape index (κ2) is 16.3. The van der Waals surface area contributed by atoms with Gasteiger partial charge in [0.2, 0.25) is 5.91 Å². The number of amides is 1. The van der Waals surface area contributed by atoms with E-state index in [1.165, 1.54) is 0 Å². The third-order valence-corrected chi connectivity index (χ3v) is 7.32. The summed E-state index contributed by atoms with van der Waals surface area (Å²) in [5, 5.41) is 19.6. The number of quaternary nitrogens is 1. The molecule has 306 valence electrons. The predicted molar refractivity (Wildman–Crippen MR) is 134 cm³/mol. The maximum Gasteiger partial charge on any atom is 0.385 e. The number of aliphatic hydroxyl groups is 2. The van der Waals surface area contributed by atoms with Crippen LogP contribution in [-0.2, 0) is 27.9 Å². The van der Waals surface area contributed by atoms with Crippen molar-refractivity contribution in [3.05, 3.63) is 0 Å². The van der Waals surface area contributed by atoms with Gasteiger partial charge in [-0.2, -0.15) is 70.2 Å². The Balaban J connectivity index is 5.92. The van der Waals surface area contributed by atoms with E-state index in [0.717, 1.165) is 6.92 Å². The fourth-order valence-electron chi connectivity index (χ4n) is 3.08. The van der Waals surface area contributed by atoms with Gasteiger partial charge in [0.1, 0.15) is 33.0 Å². The maximum atomic E-state index is 14.1. The molecule has 0 heterocycles. The van der Waals surface area contributed by atoms with Crippen LogP contribution in [0.1, 0.15) is 6.92 Å². The lowest BCUT2D eigenvalue weighted by Gasteiger charge is -2.43. The molecule has 0 aromatic rings. The van der Waals surface area contributed by atoms with Gasteiger partial charge in [-0.1, -0.05) is 0 Å². The number of phosphoric acid groups is 1. The molecule has 0 bridgehead atoms. The Hall–Kier alpha value is -1.74. The van der Waals surface area contributed by atoms with E-state index in [9.17, 15) is 84.5 Å². The number of alkyl halides is 16. The zero-order valence-electron chi connectivity index (χ0n) is 26.6. The van der Waals surface area contributed by atoms with Gasteiger partial charge in [-0.05, 0) is 6.92 Å². The van der Waals surface area contributed by atoms with Gasteiger partial charge in [-0.15, -0.1) is 0 Å². The van der Waals surface area contributed by atoms with Crippen molar-refractivity contribution in [2.24, 2.45) is 0 Å². The number of halogens is 16. The molecule has 51 heavy (non-hydrogen) atoms. The average molecular weight is 816 g/mol. The normalized spacial score (nSPS) is 16.3. The molecule has 0 radical (unpaired) electrons. The Bertz CT molecular complexity index is 1200. The average Bonchev–Trinajstić information content (AvgIpc) is 2.95. The van der Waals surface area contributed by atoms with Crippen molar-refractivity contribution in [1.82, 2.24) is 5.32 Å². The van der Waals surface area contributed by atoms with Gasteiger partial charge in [0.05, 0.1) is 53.1 Å². The highest BCUT2D eigenvalue weighted by molar-refractivity contribution is 7.45. The van der Waals surface area contributed by atoms with Gasteiger partial charge >= 0.3 is 47.4 Å². The van der Waals surface area contributed by atoms with Gasteiger partial charge in [-0.25, -0.2) is 0 Å². The van der Waals surface area contributed by atoms with Gasteiger partial charge < -0.3 is 43.4 Å². The van der Waals surface area contributed by atoms with Crippen LogP contribution in [0.5, 0.6) is 0 Å². The molecule has 1 atom stereocenters. The van der Waals surface area contributed by atoms with Crippen LogP contribution in [-0.4, -0.2) is 154 Å². The number of ether oxygens (including phenoxy) is 2. The van der Waals surface area contributed by atoms with Crippen molar-refractivity contribution in [2.75, 3.05) is 80.5 Å². The van der Waals surface area contributed by atoms with Crippen LogP contribution in [0.3, 0.4) is 0 Å². The predicted octanol–water partition coefficient (Wildman–Crippen LogP) is 3.17. The first-order chi connectivity index (χ1) is 22.4. The Morgan fingerprint density at radius 3 is 1.37 bits per heavy atom. The zero-order chi connectivity index (χ0) is 41.0. The standard InChI is InChI=1S/C23H33F16N2O9P/c1-15(10-42,11-43)40-14(44)9-48-13-17(26,27)19(30,31)21(34,35)23(38,39)22(36,37)20(32,33)18(28,29)16(24,25)12-47-7-8-50-51(45,46)49-6-5-41(2,3)4/h42-43H,5-13H2,1-4H3,(H-,40,44,45,46). The number of nitrogens with zero attached hydrogens (tertiary/aromatic N) is 1. The molecular weight excluding hydrogens is 783 g/mol. The molecule has 0 spiro atoms. The number of likely N-dealkylation sites (N-methyl/N-ethyl adjacent to an activating group) is 1. The first-order valence-electron chi connectivity index (χ1n) is 13.5. The summed E-state index contributed by atoms with van der Waals surface area (Å²) < 4.78 is 252. The highest BCUT2D eigenvalue weighted by Gasteiger charge is 2.94. The minimum atomic E-state index is -8.70. The van der Waals surface area contributed by atoms with Gasteiger partial charge in [-0.3, -0.25) is 9.36 Å². The van der Waals surface area contributed by atoms with Gasteiger partial charge in [0, 0.05) is 0 Å². The van der Waals surface area contributed by atoms with Crippen LogP contribution < -0.4 is 10.2 Å². The molecule has 0 saturated heterocycles. The molecular formula is C23H33F16N2O9P. The Morgan fingerprint density at radius 2 is 1.00 bits per heavy atom. The van der Waals surface area contributed by atoms with E-state index in [4.69, 9.17) is 10.2 Å². The number of aliphatic hydroxyl groups excluding tert-OH is 2. The van der Waals surface area contributed by atoms with Crippen molar-refractivity contribution in [3.8, 4) is 0 Å². The summed E-state index contributed by atoms with van der Waals surface area (Å²) in [5.41, 5.74) is -1.93. The van der Waals surface area contributed by atoms with E-state index >= 15 is 0 Å². The fraction of sp³-hybridized carbons (Fsp3) is 0.957. The summed E-state index contributed by atoms with van der Waals surface area (Å²) in [7, 11) is -0.466. The Labute approximate surface area is 277 Å². The van der Waals surface area contributed by atoms with E-state index in [1.807, 2.05) is 0 Å². The highest BCUT2D eigenvalue weighted by Crippen LogP contribution is 2.63. The fourth-order valence-corrected chi connectivity index (χ4v) is 3.75. The zero-order valence-corrected chi connectivity index (χ0v) is 27.5. The largest absolute Gasteiger partial charge is 0.756 e. The van der Waals surface area contributed by atoms with E-state index in [-0.39, 0.29) is 11.0 Å². The second-order valence-electron chi connectivity index (χ2n) is 12.0. The Kier molecular flexibility index (Phi) is 15.8. The number of rotatable bonds is 24. The molecule has 0 aliphatic carbocycles. The minimum Gasteiger partial charge on any atom is -0.756 e. The molecule has 0 rings (SSSR count). The third-order valence-electron chi connectivity index (χ3n) is 6.32. The summed E-state index contributed by atoms with van der Waals surface area (Å²) in [6.45, 7) is -13.0. The topological polar surface area (TPSA) is 147 Å². The lowest BCUT2D eigenvalue weighted by Crippen LogP contribution is -2.75. The van der Waals surface area contributed by atoms with Crippen LogP contribution in [0.15, 0.2) is 0 Å². The van der Waals surface area contributed by atoms with E-state index in [0.29, 0.717) is 0 Å². The van der Waals surface area contributed by atoms with Crippen LogP contribution >= 0.6 is 7.82 Å². The molecule has 0 aliphatic rings. The molecule has 1 unspecified atom stereocenters. The van der Waals surface area contributed by atoms with Crippen molar-refractivity contribution in [2.45, 2.75) is 59.8 Å². The first-order valence-corrected chi connectivity index (χ1v) is 15.0. The van der Waals surface area contributed by atoms with Crippen LogP contribution in [0, 0.1) is 0 Å². The summed E-state index contributed by atoms with van der Waals surface area (Å²) in [5.74, 6) is -65.5. The second-order valence-corrected chi connectivity index (χ2v) is 13.4. The van der Waals surface area contributed by atoms with E-state index in [1.54, 1.807) is 26.5 Å². The van der Waals surface area contributed by atoms with E-state index in [2.05, 4.69) is 18.5 Å². The van der Waals surface area contributed by atoms with Crippen LogP contribution in [0.2, 0.25) is 0 Å². The maximum absolute atomic E-state index is 14.1. The smallest absolute Gasteiger partial charge is 0.385 e. The highest BCUT2D eigenvalue weighted by atomic mass is 31.2. The number of hydrogen-bond donors (Lipinski definition) is 3. The van der Waals surface area contributed by atoms with Gasteiger partial charge in [0.25, 0.3) is 7.82 Å². The van der Waals surface area contributed by atoms with Gasteiger partial charge in [0.15, 0.2) is 0 Å². The van der Waals surface area contributed by atoms with Crippen molar-refractivity contribution >= 4 is 13.7 Å². The van der Waals surface area contributed by atoms with E-state index < -0.39 is 120 Å². The molecule has 11 nitrogen and oxygen atoms in total. The quantitative estimate of drug-likeness (QED) is 0.0579. The molecule has 0 aromatic carbocycles. The molecule has 0 aliphatic heterocycles. The van der Waals surface area contributed by atoms with Crippen molar-refractivity contribution in [3.63, 3.8) is 0 Å². The molecule has 1 amide bonds. The van der Waals surface area contributed by atoms with Crippen LogP contribution in [0.4, 0.5) is 70.2 Å². The number of carbonyl (C=O) groups is 1. The summed E-state index contributed by atoms with van der Waals surface area (Å²) >= 11 is 0. The SMILES string of the molecule is CC(CO)(CO)NC(=O)COCC(F)(F)C(F)(F)C(F)(F)C(F)(F)C(F)(F)C(F)(F)C(F)(F)C(F)(F)COCCOP(=O)([O-])OCC[N+](C)(C)C. The summed E-state index contributed by atoms with van der Waals surface area (Å²) in [6, 6.07) is 0. The first kappa shape index (κ1) is 49.3. The summed E-state index contributed by atoms with van der Waals surface area (Å²) in [6.07, 6.45) is 0. The molecule has 0 saturated carbocycles. The molecule has 0 aromatic heterocycles. The monoisotopic (exact) mass is 816 g/mol. The number of carbonyl (C=O) groups excluding carboxylic acids is 1. The Morgan fingerprint density at radius 1 is 0.647 bits per heavy atom. The number of nitrogens with one attached hydrogen (secondary N) is 1.